The molecule has 0 radical (unpaired) electrons. The van der Waals surface area contributed by atoms with Crippen molar-refractivity contribution in [2.45, 2.75) is 31.4 Å². The van der Waals surface area contributed by atoms with Gasteiger partial charge in [-0.3, -0.25) is 0 Å². The third-order valence-corrected chi connectivity index (χ3v) is 4.88. The summed E-state index contributed by atoms with van der Waals surface area (Å²) in [6, 6.07) is 14.9. The standard InChI is InChI=1S/C21H23NO5/c1-3-18(23)19(20(24)26-2)22-21(25)27-12-17-15-10-6-4-8-13(15)14-9-5-7-11-16(14)17/h4-11,17-19,23H,3,12H2,1-2H3,(H,22,25)/t18?,19-/m0/s1. The number of hydrogen-bond donors (Lipinski definition) is 2. The normalized spacial score (nSPS) is 14.6. The first-order chi connectivity index (χ1) is 13.1. The van der Waals surface area contributed by atoms with Crippen LogP contribution in [0.3, 0.4) is 0 Å². The van der Waals surface area contributed by atoms with E-state index in [1.54, 1.807) is 6.92 Å². The SMILES string of the molecule is CCC(O)[C@H](NC(=O)OCC1c2ccccc2-c2ccccc21)C(=O)OC. The smallest absolute Gasteiger partial charge is 0.407 e. The van der Waals surface area contributed by atoms with Crippen molar-refractivity contribution in [3.8, 4) is 11.1 Å². The average Bonchev–Trinajstić information content (AvgIpc) is 3.03. The molecule has 0 heterocycles. The summed E-state index contributed by atoms with van der Waals surface area (Å²) >= 11 is 0. The van der Waals surface area contributed by atoms with Crippen molar-refractivity contribution in [2.75, 3.05) is 13.7 Å². The van der Waals surface area contributed by atoms with Crippen LogP contribution in [0.15, 0.2) is 48.5 Å². The van der Waals surface area contributed by atoms with Crippen LogP contribution in [-0.4, -0.2) is 43.0 Å². The summed E-state index contributed by atoms with van der Waals surface area (Å²) in [5.41, 5.74) is 4.47. The summed E-state index contributed by atoms with van der Waals surface area (Å²) in [7, 11) is 1.21. The number of ether oxygens (including phenoxy) is 2. The van der Waals surface area contributed by atoms with Gasteiger partial charge in [0.25, 0.3) is 0 Å². The van der Waals surface area contributed by atoms with Gasteiger partial charge in [-0.2, -0.15) is 0 Å². The fourth-order valence-electron chi connectivity index (χ4n) is 3.44. The molecule has 1 unspecified atom stereocenters. The van der Waals surface area contributed by atoms with Crippen LogP contribution in [0.1, 0.15) is 30.4 Å². The van der Waals surface area contributed by atoms with E-state index in [0.717, 1.165) is 22.3 Å². The second-order valence-corrected chi connectivity index (χ2v) is 6.45. The van der Waals surface area contributed by atoms with Crippen molar-refractivity contribution in [1.29, 1.82) is 0 Å². The highest BCUT2D eigenvalue weighted by atomic mass is 16.6. The van der Waals surface area contributed by atoms with Crippen molar-refractivity contribution >= 4 is 12.1 Å². The van der Waals surface area contributed by atoms with Crippen LogP contribution in [0.25, 0.3) is 11.1 Å². The van der Waals surface area contributed by atoms with E-state index in [1.165, 1.54) is 7.11 Å². The first-order valence-corrected chi connectivity index (χ1v) is 8.94. The molecule has 0 aliphatic heterocycles. The fourth-order valence-corrected chi connectivity index (χ4v) is 3.44. The maximum Gasteiger partial charge on any atom is 0.407 e. The fraction of sp³-hybridized carbons (Fsp3) is 0.333. The van der Waals surface area contributed by atoms with Crippen molar-refractivity contribution in [3.63, 3.8) is 0 Å². The van der Waals surface area contributed by atoms with Gasteiger partial charge in [0.15, 0.2) is 6.04 Å². The van der Waals surface area contributed by atoms with Gasteiger partial charge in [0.2, 0.25) is 0 Å². The van der Waals surface area contributed by atoms with Crippen molar-refractivity contribution in [3.05, 3.63) is 59.7 Å². The molecule has 0 bridgehead atoms. The molecule has 2 N–H and O–H groups in total. The first-order valence-electron chi connectivity index (χ1n) is 8.94. The summed E-state index contributed by atoms with van der Waals surface area (Å²) in [6.45, 7) is 1.84. The molecule has 27 heavy (non-hydrogen) atoms. The van der Waals surface area contributed by atoms with Crippen molar-refractivity contribution in [2.24, 2.45) is 0 Å². The Morgan fingerprint density at radius 2 is 1.63 bits per heavy atom. The Balaban J connectivity index is 1.71. The van der Waals surface area contributed by atoms with Crippen LogP contribution < -0.4 is 5.32 Å². The number of alkyl carbamates (subject to hydrolysis) is 1. The Morgan fingerprint density at radius 3 is 2.15 bits per heavy atom. The molecule has 3 rings (SSSR count). The van der Waals surface area contributed by atoms with E-state index in [-0.39, 0.29) is 12.5 Å². The maximum atomic E-state index is 12.2. The van der Waals surface area contributed by atoms with E-state index in [9.17, 15) is 14.7 Å². The highest BCUT2D eigenvalue weighted by Crippen LogP contribution is 2.44. The summed E-state index contributed by atoms with van der Waals surface area (Å²) in [5, 5.41) is 12.3. The summed E-state index contributed by atoms with van der Waals surface area (Å²) in [5.74, 6) is -0.784. The number of aliphatic hydroxyl groups excluding tert-OH is 1. The number of carbonyl (C=O) groups excluding carboxylic acids is 2. The van der Waals surface area contributed by atoms with Gasteiger partial charge in [0.1, 0.15) is 6.61 Å². The van der Waals surface area contributed by atoms with Gasteiger partial charge in [-0.05, 0) is 28.7 Å². The third kappa shape index (κ3) is 3.80. The second-order valence-electron chi connectivity index (χ2n) is 6.45. The minimum absolute atomic E-state index is 0.0733. The van der Waals surface area contributed by atoms with Gasteiger partial charge in [-0.15, -0.1) is 0 Å². The van der Waals surface area contributed by atoms with E-state index in [4.69, 9.17) is 4.74 Å². The first kappa shape index (κ1) is 18.9. The summed E-state index contributed by atoms with van der Waals surface area (Å²) < 4.78 is 10.0. The monoisotopic (exact) mass is 369 g/mol. The molecular formula is C21H23NO5. The Labute approximate surface area is 158 Å². The zero-order chi connectivity index (χ0) is 19.4. The Hall–Kier alpha value is -2.86. The molecule has 6 nitrogen and oxygen atoms in total. The number of nitrogens with one attached hydrogen (secondary N) is 1. The van der Waals surface area contributed by atoms with Crippen LogP contribution >= 0.6 is 0 Å². The van der Waals surface area contributed by atoms with Gasteiger partial charge in [-0.1, -0.05) is 55.5 Å². The van der Waals surface area contributed by atoms with Crippen molar-refractivity contribution < 1.29 is 24.2 Å². The Kier molecular flexibility index (Phi) is 5.76. The molecule has 2 atom stereocenters. The highest BCUT2D eigenvalue weighted by molar-refractivity contribution is 5.82. The van der Waals surface area contributed by atoms with E-state index in [1.807, 2.05) is 36.4 Å². The number of rotatable bonds is 6. The van der Waals surface area contributed by atoms with E-state index in [2.05, 4.69) is 22.2 Å². The predicted molar refractivity (Wildman–Crippen MR) is 100 cm³/mol. The lowest BCUT2D eigenvalue weighted by Gasteiger charge is -2.21. The number of carbonyl (C=O) groups is 2. The number of hydrogen-bond acceptors (Lipinski definition) is 5. The Morgan fingerprint density at radius 1 is 1.07 bits per heavy atom. The topological polar surface area (TPSA) is 84.9 Å². The van der Waals surface area contributed by atoms with E-state index >= 15 is 0 Å². The minimum Gasteiger partial charge on any atom is -0.467 e. The predicted octanol–water partition coefficient (Wildman–Crippen LogP) is 2.84. The Bertz CT molecular complexity index is 789. The second kappa shape index (κ2) is 8.22. The number of esters is 1. The number of benzene rings is 2. The van der Waals surface area contributed by atoms with Gasteiger partial charge >= 0.3 is 12.1 Å². The van der Waals surface area contributed by atoms with Gasteiger partial charge < -0.3 is 19.9 Å². The zero-order valence-corrected chi connectivity index (χ0v) is 15.3. The number of amides is 1. The molecule has 2 aromatic carbocycles. The summed E-state index contributed by atoms with van der Waals surface area (Å²) in [4.78, 5) is 24.0. The molecular weight excluding hydrogens is 346 g/mol. The highest BCUT2D eigenvalue weighted by Gasteiger charge is 2.31. The number of aliphatic hydroxyl groups is 1. The van der Waals surface area contributed by atoms with Crippen LogP contribution in [0.2, 0.25) is 0 Å². The van der Waals surface area contributed by atoms with Crippen LogP contribution in [0.5, 0.6) is 0 Å². The molecule has 0 aromatic heterocycles. The van der Waals surface area contributed by atoms with Gasteiger partial charge in [-0.25, -0.2) is 9.59 Å². The summed E-state index contributed by atoms with van der Waals surface area (Å²) in [6.07, 6.45) is -1.51. The molecule has 1 aliphatic carbocycles. The van der Waals surface area contributed by atoms with Gasteiger partial charge in [0, 0.05) is 5.92 Å². The van der Waals surface area contributed by atoms with Crippen LogP contribution in [0.4, 0.5) is 4.79 Å². The largest absolute Gasteiger partial charge is 0.467 e. The molecule has 0 saturated heterocycles. The van der Waals surface area contributed by atoms with Gasteiger partial charge in [0.05, 0.1) is 13.2 Å². The lowest BCUT2D eigenvalue weighted by atomic mass is 9.98. The lowest BCUT2D eigenvalue weighted by Crippen LogP contribution is -2.49. The third-order valence-electron chi connectivity index (χ3n) is 4.88. The zero-order valence-electron chi connectivity index (χ0n) is 15.3. The molecule has 0 saturated carbocycles. The number of methoxy groups -OCH3 is 1. The quantitative estimate of drug-likeness (QED) is 0.765. The van der Waals surface area contributed by atoms with Crippen LogP contribution in [-0.2, 0) is 14.3 Å². The maximum absolute atomic E-state index is 12.2. The molecule has 1 amide bonds. The average molecular weight is 369 g/mol. The number of fused-ring (bicyclic) bond motifs is 3. The molecule has 142 valence electrons. The molecule has 0 spiro atoms. The molecule has 6 heteroatoms. The molecule has 0 fully saturated rings. The minimum atomic E-state index is -1.16. The molecule has 1 aliphatic rings. The van der Waals surface area contributed by atoms with E-state index in [0.29, 0.717) is 6.42 Å². The van der Waals surface area contributed by atoms with E-state index < -0.39 is 24.2 Å². The van der Waals surface area contributed by atoms with Crippen LogP contribution in [0, 0.1) is 0 Å². The molecule has 2 aromatic rings. The lowest BCUT2D eigenvalue weighted by molar-refractivity contribution is -0.146. The van der Waals surface area contributed by atoms with Crippen molar-refractivity contribution in [1.82, 2.24) is 5.32 Å².